The van der Waals surface area contributed by atoms with Crippen molar-refractivity contribution in [2.45, 2.75) is 65.2 Å². The van der Waals surface area contributed by atoms with Crippen LogP contribution in [0.4, 0.5) is 23.7 Å². The molecule has 222 valence electrons. The number of ether oxygens (including phenoxy) is 1. The van der Waals surface area contributed by atoms with Crippen molar-refractivity contribution in [3.05, 3.63) is 59.2 Å². The highest BCUT2D eigenvalue weighted by molar-refractivity contribution is 6.02. The van der Waals surface area contributed by atoms with Crippen LogP contribution in [0, 0.1) is 11.3 Å². The van der Waals surface area contributed by atoms with Gasteiger partial charge in [0.15, 0.2) is 0 Å². The smallest absolute Gasteiger partial charge is 0.420 e. The van der Waals surface area contributed by atoms with Crippen LogP contribution in [-0.2, 0) is 12.7 Å². The third-order valence-corrected chi connectivity index (χ3v) is 7.31. The van der Waals surface area contributed by atoms with Gasteiger partial charge in [-0.1, -0.05) is 43.2 Å². The van der Waals surface area contributed by atoms with E-state index >= 15 is 0 Å². The number of anilines is 1. The molecule has 0 unspecified atom stereocenters. The van der Waals surface area contributed by atoms with Crippen LogP contribution in [-0.4, -0.2) is 35.9 Å². The number of rotatable bonds is 6. The lowest BCUT2D eigenvalue weighted by atomic mass is 9.71. The van der Waals surface area contributed by atoms with Gasteiger partial charge in [-0.25, -0.2) is 4.79 Å². The number of hydrogen-bond donors (Lipinski definition) is 3. The maximum Gasteiger partial charge on any atom is 0.420 e. The van der Waals surface area contributed by atoms with Crippen LogP contribution in [0.2, 0.25) is 0 Å². The Bertz CT molecular complexity index is 1280. The van der Waals surface area contributed by atoms with Gasteiger partial charge >= 0.3 is 12.2 Å². The number of carbonyl (C=O) groups is 2. The SMILES string of the molecule is COc1ccc(NC(=O)N(Cc2ccc(C(=O)N=C(N)/N=N\N)cc2)C2CCC(C(C)(C)C)CC2)cc1C(F)(F)F. The van der Waals surface area contributed by atoms with E-state index in [1.165, 1.54) is 12.1 Å². The number of urea groups is 1. The number of nitrogens with one attached hydrogen (secondary N) is 1. The molecule has 10 nitrogen and oxygen atoms in total. The monoisotopic (exact) mass is 575 g/mol. The third kappa shape index (κ3) is 8.41. The van der Waals surface area contributed by atoms with Crippen molar-refractivity contribution in [1.29, 1.82) is 0 Å². The number of alkyl halides is 3. The largest absolute Gasteiger partial charge is 0.496 e. The van der Waals surface area contributed by atoms with Crippen LogP contribution in [0.5, 0.6) is 5.75 Å². The molecule has 5 N–H and O–H groups in total. The minimum absolute atomic E-state index is 0.00234. The van der Waals surface area contributed by atoms with E-state index in [4.69, 9.17) is 16.3 Å². The lowest BCUT2D eigenvalue weighted by molar-refractivity contribution is -0.138. The molecule has 2 aromatic carbocycles. The highest BCUT2D eigenvalue weighted by atomic mass is 19.4. The molecule has 0 aliphatic heterocycles. The summed E-state index contributed by atoms with van der Waals surface area (Å²) in [6.45, 7) is 6.78. The maximum atomic E-state index is 13.6. The van der Waals surface area contributed by atoms with Gasteiger partial charge in [0.05, 0.1) is 12.7 Å². The second-order valence-corrected chi connectivity index (χ2v) is 11.0. The Labute approximate surface area is 237 Å². The quantitative estimate of drug-likeness (QED) is 0.125. The van der Waals surface area contributed by atoms with Crippen LogP contribution in [0.15, 0.2) is 57.8 Å². The fourth-order valence-corrected chi connectivity index (χ4v) is 5.02. The molecule has 3 rings (SSSR count). The standard InChI is InChI=1S/C28H36F3N7O3/c1-27(2,3)19-9-12-21(13-10-19)38(16-17-5-7-18(8-6-17)24(39)35-25(32)36-37-33)26(40)34-20-11-14-23(41-4)22(15-20)28(29,30)31/h5-8,11,14-15,19,21H,9-10,12-13,16H2,1-4H3,(H,34,40)(H4,32,33,35,36,39). The molecular weight excluding hydrogens is 539 g/mol. The maximum absolute atomic E-state index is 13.6. The van der Waals surface area contributed by atoms with E-state index < -0.39 is 23.7 Å². The molecule has 1 aliphatic carbocycles. The van der Waals surface area contributed by atoms with E-state index in [1.54, 1.807) is 29.2 Å². The van der Waals surface area contributed by atoms with Crippen molar-refractivity contribution >= 4 is 23.6 Å². The molecule has 1 fully saturated rings. The Balaban J connectivity index is 1.85. The predicted molar refractivity (Wildman–Crippen MR) is 149 cm³/mol. The second kappa shape index (κ2) is 13.0. The lowest BCUT2D eigenvalue weighted by Crippen LogP contribution is -2.45. The van der Waals surface area contributed by atoms with Gasteiger partial charge in [-0.05, 0) is 72.9 Å². The fourth-order valence-electron chi connectivity index (χ4n) is 5.02. The van der Waals surface area contributed by atoms with Crippen LogP contribution >= 0.6 is 0 Å². The molecule has 1 saturated carbocycles. The summed E-state index contributed by atoms with van der Waals surface area (Å²) in [7, 11) is 1.16. The summed E-state index contributed by atoms with van der Waals surface area (Å²) in [5.41, 5.74) is 5.57. The molecule has 1 aliphatic rings. The number of nitrogens with zero attached hydrogens (tertiary/aromatic N) is 4. The number of benzene rings is 2. The number of amides is 3. The number of aliphatic imine (C=N–C) groups is 1. The normalized spacial score (nSPS) is 18.3. The fraction of sp³-hybridized carbons (Fsp3) is 0.464. The van der Waals surface area contributed by atoms with Crippen LogP contribution in [0.3, 0.4) is 0 Å². The number of guanidine groups is 1. The number of halogens is 3. The lowest BCUT2D eigenvalue weighted by Gasteiger charge is -2.41. The van der Waals surface area contributed by atoms with Gasteiger partial charge in [-0.15, -0.1) is 0 Å². The number of carbonyl (C=O) groups excluding carboxylic acids is 2. The predicted octanol–water partition coefficient (Wildman–Crippen LogP) is 6.13. The molecule has 2 aromatic rings. The summed E-state index contributed by atoms with van der Waals surface area (Å²) in [6, 6.07) is 9.21. The van der Waals surface area contributed by atoms with Crippen LogP contribution in [0.25, 0.3) is 0 Å². The van der Waals surface area contributed by atoms with Gasteiger partial charge in [0.2, 0.25) is 5.96 Å². The summed E-state index contributed by atoms with van der Waals surface area (Å²) in [5.74, 6) is 4.04. The summed E-state index contributed by atoms with van der Waals surface area (Å²) in [6.07, 6.45) is -1.30. The summed E-state index contributed by atoms with van der Waals surface area (Å²) < 4.78 is 45.5. The van der Waals surface area contributed by atoms with Crippen molar-refractivity contribution in [3.63, 3.8) is 0 Å². The Morgan fingerprint density at radius 2 is 1.68 bits per heavy atom. The van der Waals surface area contributed by atoms with Gasteiger partial charge < -0.3 is 26.5 Å². The van der Waals surface area contributed by atoms with E-state index in [1.807, 2.05) is 0 Å². The van der Waals surface area contributed by atoms with Crippen molar-refractivity contribution in [1.82, 2.24) is 4.90 Å². The van der Waals surface area contributed by atoms with Gasteiger partial charge in [-0.3, -0.25) is 4.79 Å². The van der Waals surface area contributed by atoms with Crippen LogP contribution in [0.1, 0.15) is 67.9 Å². The zero-order chi connectivity index (χ0) is 30.4. The molecule has 0 bridgehead atoms. The van der Waals surface area contributed by atoms with E-state index in [9.17, 15) is 22.8 Å². The molecule has 0 spiro atoms. The second-order valence-electron chi connectivity index (χ2n) is 11.0. The van der Waals surface area contributed by atoms with Crippen molar-refractivity contribution in [3.8, 4) is 5.75 Å². The highest BCUT2D eigenvalue weighted by Gasteiger charge is 2.36. The van der Waals surface area contributed by atoms with E-state index in [2.05, 4.69) is 41.4 Å². The average Bonchev–Trinajstić information content (AvgIpc) is 2.91. The van der Waals surface area contributed by atoms with E-state index in [-0.39, 0.29) is 41.0 Å². The first-order chi connectivity index (χ1) is 19.2. The van der Waals surface area contributed by atoms with Crippen molar-refractivity contribution in [2.24, 2.45) is 38.2 Å². The Hall–Kier alpha value is -4.16. The number of methoxy groups -OCH3 is 1. The Kier molecular flexibility index (Phi) is 9.95. The number of nitrogens with two attached hydrogens (primary N) is 2. The Morgan fingerprint density at radius 3 is 2.22 bits per heavy atom. The first kappa shape index (κ1) is 31.4. The van der Waals surface area contributed by atoms with Crippen LogP contribution < -0.4 is 21.6 Å². The minimum atomic E-state index is -4.65. The molecule has 0 heterocycles. The summed E-state index contributed by atoms with van der Waals surface area (Å²) in [5, 5.41) is 8.91. The average molecular weight is 576 g/mol. The van der Waals surface area contributed by atoms with Gasteiger partial charge in [0, 0.05) is 23.8 Å². The zero-order valence-corrected chi connectivity index (χ0v) is 23.5. The molecule has 0 radical (unpaired) electrons. The molecule has 3 amide bonds. The molecular formula is C28H36F3N7O3. The van der Waals surface area contributed by atoms with Crippen molar-refractivity contribution < 1.29 is 27.5 Å². The first-order valence-corrected chi connectivity index (χ1v) is 13.1. The molecule has 41 heavy (non-hydrogen) atoms. The van der Waals surface area contributed by atoms with Crippen molar-refractivity contribution in [2.75, 3.05) is 12.4 Å². The molecule has 13 heteroatoms. The van der Waals surface area contributed by atoms with E-state index in [0.717, 1.165) is 44.4 Å². The van der Waals surface area contributed by atoms with E-state index in [0.29, 0.717) is 5.92 Å². The zero-order valence-electron chi connectivity index (χ0n) is 23.5. The summed E-state index contributed by atoms with van der Waals surface area (Å²) >= 11 is 0. The third-order valence-electron chi connectivity index (χ3n) is 7.31. The number of hydrogen-bond acceptors (Lipinski definition) is 4. The molecule has 0 aromatic heterocycles. The highest BCUT2D eigenvalue weighted by Crippen LogP contribution is 2.40. The topological polar surface area (TPSA) is 148 Å². The van der Waals surface area contributed by atoms with Gasteiger partial charge in [0.25, 0.3) is 5.91 Å². The summed E-state index contributed by atoms with van der Waals surface area (Å²) in [4.78, 5) is 31.1. The Morgan fingerprint density at radius 1 is 1.05 bits per heavy atom. The first-order valence-electron chi connectivity index (χ1n) is 13.1. The van der Waals surface area contributed by atoms with Gasteiger partial charge in [-0.2, -0.15) is 18.2 Å². The molecule has 0 atom stereocenters. The van der Waals surface area contributed by atoms with Gasteiger partial charge in [0.1, 0.15) is 5.75 Å². The minimum Gasteiger partial charge on any atom is -0.496 e. The molecule has 0 saturated heterocycles.